The van der Waals surface area contributed by atoms with Crippen LogP contribution in [-0.2, 0) is 22.6 Å². The first kappa shape index (κ1) is 28.5. The number of carbonyl (C=O) groups is 2. The number of benzene rings is 3. The van der Waals surface area contributed by atoms with E-state index in [2.05, 4.69) is 12.2 Å². The fourth-order valence-corrected chi connectivity index (χ4v) is 4.46. The average Bonchev–Trinajstić information content (AvgIpc) is 2.88. The van der Waals surface area contributed by atoms with E-state index in [1.165, 1.54) is 0 Å². The number of amides is 2. The van der Waals surface area contributed by atoms with Gasteiger partial charge in [0.25, 0.3) is 5.91 Å². The van der Waals surface area contributed by atoms with E-state index in [0.717, 1.165) is 29.5 Å². The van der Waals surface area contributed by atoms with Crippen LogP contribution in [0.5, 0.6) is 5.75 Å². The van der Waals surface area contributed by atoms with Crippen LogP contribution in [0.15, 0.2) is 66.7 Å². The largest absolute Gasteiger partial charge is 0.483 e. The molecular weight excluding hydrogens is 507 g/mol. The first-order valence-electron chi connectivity index (χ1n) is 12.5. The van der Waals surface area contributed by atoms with Gasteiger partial charge in [0.15, 0.2) is 6.61 Å². The number of aryl methyl sites for hydroxylation is 1. The van der Waals surface area contributed by atoms with Gasteiger partial charge < -0.3 is 15.0 Å². The minimum Gasteiger partial charge on any atom is -0.483 e. The number of halogens is 2. The molecule has 1 N–H and O–H groups in total. The van der Waals surface area contributed by atoms with Crippen molar-refractivity contribution in [3.63, 3.8) is 0 Å². The number of carbonyl (C=O) groups excluding carboxylic acids is 2. The molecule has 5 nitrogen and oxygen atoms in total. The Kier molecular flexibility index (Phi) is 10.8. The highest BCUT2D eigenvalue weighted by Gasteiger charge is 2.31. The number of ether oxygens (including phenoxy) is 1. The van der Waals surface area contributed by atoms with Crippen molar-refractivity contribution in [3.05, 3.63) is 99.0 Å². The van der Waals surface area contributed by atoms with Crippen molar-refractivity contribution in [1.82, 2.24) is 10.2 Å². The fourth-order valence-electron chi connectivity index (χ4n) is 4.00. The molecule has 0 aliphatic rings. The molecule has 0 spiro atoms. The number of nitrogens with one attached hydrogen (secondary N) is 1. The molecule has 196 valence electrons. The van der Waals surface area contributed by atoms with Gasteiger partial charge >= 0.3 is 0 Å². The molecule has 0 unspecified atom stereocenters. The van der Waals surface area contributed by atoms with E-state index >= 15 is 0 Å². The van der Waals surface area contributed by atoms with Crippen LogP contribution in [0.4, 0.5) is 0 Å². The molecule has 1 atom stereocenters. The van der Waals surface area contributed by atoms with Gasteiger partial charge in [-0.05, 0) is 60.7 Å². The highest BCUT2D eigenvalue weighted by atomic mass is 35.5. The van der Waals surface area contributed by atoms with E-state index in [-0.39, 0.29) is 25.0 Å². The van der Waals surface area contributed by atoms with Crippen LogP contribution in [0.1, 0.15) is 42.0 Å². The van der Waals surface area contributed by atoms with Gasteiger partial charge in [0, 0.05) is 29.6 Å². The fraction of sp³-hybridized carbons (Fsp3) is 0.333. The molecule has 0 radical (unpaired) electrons. The van der Waals surface area contributed by atoms with Crippen LogP contribution < -0.4 is 10.1 Å². The van der Waals surface area contributed by atoms with E-state index in [1.54, 1.807) is 23.1 Å². The summed E-state index contributed by atoms with van der Waals surface area (Å²) in [6, 6.07) is 19.8. The first-order chi connectivity index (χ1) is 17.8. The molecule has 0 aliphatic heterocycles. The third kappa shape index (κ3) is 8.24. The van der Waals surface area contributed by atoms with Crippen molar-refractivity contribution < 1.29 is 14.3 Å². The maximum absolute atomic E-state index is 13.7. The van der Waals surface area contributed by atoms with Crippen LogP contribution in [-0.4, -0.2) is 35.9 Å². The maximum Gasteiger partial charge on any atom is 0.261 e. The van der Waals surface area contributed by atoms with Gasteiger partial charge in [0.1, 0.15) is 11.8 Å². The minimum atomic E-state index is -0.749. The van der Waals surface area contributed by atoms with Crippen molar-refractivity contribution in [2.45, 2.75) is 52.6 Å². The minimum absolute atomic E-state index is 0.143. The summed E-state index contributed by atoms with van der Waals surface area (Å²) in [7, 11) is 0. The zero-order chi connectivity index (χ0) is 26.8. The van der Waals surface area contributed by atoms with Gasteiger partial charge in [-0.2, -0.15) is 0 Å². The summed E-state index contributed by atoms with van der Waals surface area (Å²) >= 11 is 12.6. The lowest BCUT2D eigenvalue weighted by Crippen LogP contribution is -2.51. The zero-order valence-electron chi connectivity index (χ0n) is 21.6. The predicted octanol–water partition coefficient (Wildman–Crippen LogP) is 6.55. The van der Waals surface area contributed by atoms with E-state index < -0.39 is 6.04 Å². The number of unbranched alkanes of at least 4 members (excludes halogenated alkanes) is 1. The van der Waals surface area contributed by atoms with Gasteiger partial charge in [-0.3, -0.25) is 9.59 Å². The SMILES string of the molecule is CCCCNC(=O)[C@H](Cc1ccccc1)N(Cc1ccc(Cl)cc1Cl)C(=O)COc1cccc(C)c1C. The normalized spacial score (nSPS) is 11.6. The van der Waals surface area contributed by atoms with Gasteiger partial charge in [0.2, 0.25) is 5.91 Å². The summed E-state index contributed by atoms with van der Waals surface area (Å²) in [6.45, 7) is 6.50. The maximum atomic E-state index is 13.7. The quantitative estimate of drug-likeness (QED) is 0.265. The first-order valence-corrected chi connectivity index (χ1v) is 13.3. The topological polar surface area (TPSA) is 58.6 Å². The van der Waals surface area contributed by atoms with Crippen molar-refractivity contribution in [2.24, 2.45) is 0 Å². The van der Waals surface area contributed by atoms with E-state index in [9.17, 15) is 9.59 Å². The molecule has 0 heterocycles. The molecule has 0 bridgehead atoms. The Morgan fingerprint density at radius 1 is 1.00 bits per heavy atom. The summed E-state index contributed by atoms with van der Waals surface area (Å²) in [5.74, 6) is 0.130. The lowest BCUT2D eigenvalue weighted by atomic mass is 10.0. The Balaban J connectivity index is 1.93. The van der Waals surface area contributed by atoms with Crippen molar-refractivity contribution in [3.8, 4) is 5.75 Å². The molecule has 0 saturated heterocycles. The molecular formula is C30H34Cl2N2O3. The van der Waals surface area contributed by atoms with E-state index in [1.807, 2.05) is 62.4 Å². The number of hydrogen-bond donors (Lipinski definition) is 1. The second-order valence-corrected chi connectivity index (χ2v) is 9.94. The number of rotatable bonds is 12. The summed E-state index contributed by atoms with van der Waals surface area (Å²) in [5.41, 5.74) is 3.70. The third-order valence-electron chi connectivity index (χ3n) is 6.36. The number of hydrogen-bond acceptors (Lipinski definition) is 3. The van der Waals surface area contributed by atoms with Crippen molar-refractivity contribution in [1.29, 1.82) is 0 Å². The number of nitrogens with zero attached hydrogens (tertiary/aromatic N) is 1. The second kappa shape index (κ2) is 14.1. The second-order valence-electron chi connectivity index (χ2n) is 9.09. The Morgan fingerprint density at radius 3 is 2.46 bits per heavy atom. The zero-order valence-corrected chi connectivity index (χ0v) is 23.1. The molecule has 0 fully saturated rings. The van der Waals surface area contributed by atoms with Crippen LogP contribution in [0, 0.1) is 13.8 Å². The molecule has 37 heavy (non-hydrogen) atoms. The highest BCUT2D eigenvalue weighted by molar-refractivity contribution is 6.35. The molecule has 0 aromatic heterocycles. The van der Waals surface area contributed by atoms with Crippen LogP contribution in [0.2, 0.25) is 10.0 Å². The van der Waals surface area contributed by atoms with E-state index in [4.69, 9.17) is 27.9 Å². The van der Waals surface area contributed by atoms with Crippen LogP contribution in [0.25, 0.3) is 0 Å². The molecule has 3 aromatic rings. The molecule has 2 amide bonds. The van der Waals surface area contributed by atoms with E-state index in [0.29, 0.717) is 34.3 Å². The van der Waals surface area contributed by atoms with Crippen LogP contribution in [0.3, 0.4) is 0 Å². The van der Waals surface area contributed by atoms with Crippen molar-refractivity contribution in [2.75, 3.05) is 13.2 Å². The van der Waals surface area contributed by atoms with Gasteiger partial charge in [-0.1, -0.05) is 85.1 Å². The third-order valence-corrected chi connectivity index (χ3v) is 6.95. The Bertz CT molecular complexity index is 1200. The lowest BCUT2D eigenvalue weighted by molar-refractivity contribution is -0.142. The van der Waals surface area contributed by atoms with Gasteiger partial charge in [-0.25, -0.2) is 0 Å². The Morgan fingerprint density at radius 2 is 1.76 bits per heavy atom. The molecule has 0 aliphatic carbocycles. The molecule has 7 heteroatoms. The summed E-state index contributed by atoms with van der Waals surface area (Å²) in [5, 5.41) is 3.95. The standard InChI is InChI=1S/C30H34Cl2N2O3/c1-4-5-16-33-30(36)27(17-23-11-7-6-8-12-23)34(19-24-14-15-25(31)18-26(24)32)29(35)20-37-28-13-9-10-21(2)22(28)3/h6-15,18,27H,4-5,16-17,19-20H2,1-3H3,(H,33,36)/t27-/m0/s1. The highest BCUT2D eigenvalue weighted by Crippen LogP contribution is 2.25. The molecule has 3 rings (SSSR count). The summed E-state index contributed by atoms with van der Waals surface area (Å²) < 4.78 is 5.95. The van der Waals surface area contributed by atoms with Gasteiger partial charge in [-0.15, -0.1) is 0 Å². The molecule has 0 saturated carbocycles. The van der Waals surface area contributed by atoms with Crippen LogP contribution >= 0.6 is 23.2 Å². The molecule has 3 aromatic carbocycles. The Labute approximate surface area is 229 Å². The summed E-state index contributed by atoms with van der Waals surface area (Å²) in [6.07, 6.45) is 2.17. The lowest BCUT2D eigenvalue weighted by Gasteiger charge is -2.32. The predicted molar refractivity (Wildman–Crippen MR) is 150 cm³/mol. The van der Waals surface area contributed by atoms with Gasteiger partial charge in [0.05, 0.1) is 0 Å². The van der Waals surface area contributed by atoms with Crippen molar-refractivity contribution >= 4 is 35.0 Å². The average molecular weight is 542 g/mol. The smallest absolute Gasteiger partial charge is 0.261 e. The monoisotopic (exact) mass is 540 g/mol. The summed E-state index contributed by atoms with van der Waals surface area (Å²) in [4.78, 5) is 28.7. The Hall–Kier alpha value is -3.02.